The van der Waals surface area contributed by atoms with Gasteiger partial charge in [0.2, 0.25) is 5.13 Å². The number of hydrogen-bond acceptors (Lipinski definition) is 9. The number of hydrogen-bond donors (Lipinski definition) is 1. The lowest BCUT2D eigenvalue weighted by Crippen LogP contribution is -2.44. The average Bonchev–Trinajstić information content (AvgIpc) is 3.58. The molecule has 1 aliphatic rings. The van der Waals surface area contributed by atoms with Gasteiger partial charge in [0.1, 0.15) is 28.5 Å². The van der Waals surface area contributed by atoms with E-state index in [0.29, 0.717) is 47.2 Å². The molecule has 0 saturated carbocycles. The van der Waals surface area contributed by atoms with Gasteiger partial charge in [-0.05, 0) is 42.2 Å². The molecule has 0 radical (unpaired) electrons. The van der Waals surface area contributed by atoms with Gasteiger partial charge in [0.05, 0.1) is 27.4 Å². The van der Waals surface area contributed by atoms with Crippen LogP contribution in [0.4, 0.5) is 18.7 Å². The Bertz CT molecular complexity index is 1800. The van der Waals surface area contributed by atoms with Crippen LogP contribution in [0.3, 0.4) is 0 Å². The van der Waals surface area contributed by atoms with Crippen molar-refractivity contribution in [2.24, 2.45) is 5.92 Å². The van der Waals surface area contributed by atoms with E-state index >= 15 is 8.78 Å². The van der Waals surface area contributed by atoms with Gasteiger partial charge >= 0.3 is 6.09 Å². The van der Waals surface area contributed by atoms with E-state index < -0.39 is 44.3 Å². The number of methoxy groups -OCH3 is 2. The maximum Gasteiger partial charge on any atom is 0.407 e. The SMILES string of the molecule is COc1ccc(CN(c2ncns2)S(=O)(=O)c2cc(F)c(OCC3CN(C(=O)O)CCC3c3ccc(Cl)cc3)cc2F)c(OC)c1. The Morgan fingerprint density at radius 2 is 1.85 bits per heavy atom. The second-order valence-electron chi connectivity index (χ2n) is 10.4. The molecule has 0 bridgehead atoms. The van der Waals surface area contributed by atoms with Crippen LogP contribution >= 0.6 is 23.1 Å². The molecule has 1 aromatic heterocycles. The third-order valence-corrected chi connectivity index (χ3v) is 10.5. The lowest BCUT2D eigenvalue weighted by atomic mass is 9.81. The van der Waals surface area contributed by atoms with Crippen LogP contribution in [0.25, 0.3) is 0 Å². The van der Waals surface area contributed by atoms with Gasteiger partial charge in [-0.25, -0.2) is 31.3 Å². The van der Waals surface area contributed by atoms with E-state index in [1.165, 1.54) is 19.1 Å². The molecule has 1 fully saturated rings. The summed E-state index contributed by atoms with van der Waals surface area (Å²) in [4.78, 5) is 16.0. The molecule has 1 N–H and O–H groups in total. The molecular formula is C30H29ClF2N4O7S2. The van der Waals surface area contributed by atoms with Crippen LogP contribution < -0.4 is 18.5 Å². The number of anilines is 1. The van der Waals surface area contributed by atoms with Crippen LogP contribution in [-0.2, 0) is 16.6 Å². The summed E-state index contributed by atoms with van der Waals surface area (Å²) in [6.07, 6.45) is 0.533. The first kappa shape index (κ1) is 33.2. The molecule has 2 atom stereocenters. The van der Waals surface area contributed by atoms with Crippen molar-refractivity contribution in [1.29, 1.82) is 0 Å². The Hall–Kier alpha value is -4.21. The minimum absolute atomic E-state index is 0.0773. The Morgan fingerprint density at radius 1 is 1.09 bits per heavy atom. The van der Waals surface area contributed by atoms with Crippen LogP contribution in [0.15, 0.2) is 65.8 Å². The van der Waals surface area contributed by atoms with Gasteiger partial charge in [0.15, 0.2) is 11.6 Å². The van der Waals surface area contributed by atoms with Crippen molar-refractivity contribution in [2.75, 3.05) is 38.2 Å². The Kier molecular flexibility index (Phi) is 10.1. The molecule has 2 heterocycles. The summed E-state index contributed by atoms with van der Waals surface area (Å²) < 4.78 is 79.7. The van der Waals surface area contributed by atoms with Crippen molar-refractivity contribution in [2.45, 2.75) is 23.8 Å². The lowest BCUT2D eigenvalue weighted by Gasteiger charge is -2.37. The number of benzene rings is 3. The number of carbonyl (C=O) groups is 1. The van der Waals surface area contributed by atoms with Gasteiger partial charge in [-0.15, -0.1) is 0 Å². The highest BCUT2D eigenvalue weighted by atomic mass is 35.5. The zero-order valence-corrected chi connectivity index (χ0v) is 27.0. The molecule has 4 aromatic rings. The minimum atomic E-state index is -4.73. The molecule has 46 heavy (non-hydrogen) atoms. The number of rotatable bonds is 11. The van der Waals surface area contributed by atoms with Crippen molar-refractivity contribution in [1.82, 2.24) is 14.3 Å². The highest BCUT2D eigenvalue weighted by molar-refractivity contribution is 7.93. The fourth-order valence-corrected chi connectivity index (χ4v) is 7.64. The van der Waals surface area contributed by atoms with E-state index in [2.05, 4.69) is 9.36 Å². The molecule has 244 valence electrons. The molecule has 11 nitrogen and oxygen atoms in total. The van der Waals surface area contributed by atoms with Gasteiger partial charge in [0, 0.05) is 59.3 Å². The Morgan fingerprint density at radius 3 is 2.50 bits per heavy atom. The molecule has 5 rings (SSSR count). The molecule has 1 amide bonds. The standard InChI is InChI=1S/C30H29ClF2N4O7S2/c1-42-22-8-5-19(26(11-22)43-2)15-37(29-34-17-35-45-29)46(40,41)28-13-24(32)27(12-25(28)33)44-16-20-14-36(30(38)39)10-9-23(20)18-3-6-21(31)7-4-18/h3-8,11-13,17,20,23H,9-10,14-16H2,1-2H3,(H,38,39). The molecule has 16 heteroatoms. The third-order valence-electron chi connectivity index (χ3n) is 7.68. The normalized spacial score (nSPS) is 16.6. The van der Waals surface area contributed by atoms with E-state index in [1.807, 2.05) is 12.1 Å². The fourth-order valence-electron chi connectivity index (χ4n) is 5.33. The first-order valence-electron chi connectivity index (χ1n) is 13.9. The van der Waals surface area contributed by atoms with Crippen LogP contribution in [0, 0.1) is 17.6 Å². The first-order chi connectivity index (χ1) is 22.0. The fraction of sp³-hybridized carbons (Fsp3) is 0.300. The quantitative estimate of drug-likeness (QED) is 0.200. The Labute approximate surface area is 273 Å². The highest BCUT2D eigenvalue weighted by Crippen LogP contribution is 2.36. The van der Waals surface area contributed by atoms with E-state index in [0.717, 1.165) is 27.7 Å². The zero-order valence-electron chi connectivity index (χ0n) is 24.6. The van der Waals surface area contributed by atoms with Crippen molar-refractivity contribution in [3.8, 4) is 17.2 Å². The predicted molar refractivity (Wildman–Crippen MR) is 167 cm³/mol. The maximum atomic E-state index is 15.6. The van der Waals surface area contributed by atoms with Crippen LogP contribution in [0.2, 0.25) is 5.02 Å². The number of piperidine rings is 1. The summed E-state index contributed by atoms with van der Waals surface area (Å²) >= 11 is 6.79. The van der Waals surface area contributed by atoms with Crippen LogP contribution in [0.1, 0.15) is 23.5 Å². The number of amides is 1. The molecule has 1 saturated heterocycles. The van der Waals surface area contributed by atoms with E-state index in [-0.39, 0.29) is 30.7 Å². The molecule has 3 aromatic carbocycles. The number of sulfonamides is 1. The number of ether oxygens (including phenoxy) is 3. The number of nitrogens with zero attached hydrogens (tertiary/aromatic N) is 4. The van der Waals surface area contributed by atoms with Gasteiger partial charge < -0.3 is 24.2 Å². The van der Waals surface area contributed by atoms with Crippen molar-refractivity contribution in [3.05, 3.63) is 88.7 Å². The van der Waals surface area contributed by atoms with Gasteiger partial charge in [-0.2, -0.15) is 4.37 Å². The summed E-state index contributed by atoms with van der Waals surface area (Å²) in [5.74, 6) is -2.66. The molecular weight excluding hydrogens is 666 g/mol. The maximum absolute atomic E-state index is 15.6. The zero-order chi connectivity index (χ0) is 33.0. The Balaban J connectivity index is 1.42. The second kappa shape index (κ2) is 14.1. The van der Waals surface area contributed by atoms with Crippen molar-refractivity contribution in [3.63, 3.8) is 0 Å². The van der Waals surface area contributed by atoms with E-state index in [4.69, 9.17) is 25.8 Å². The summed E-state index contributed by atoms with van der Waals surface area (Å²) in [5, 5.41) is 10.0. The first-order valence-corrected chi connectivity index (χ1v) is 16.5. The van der Waals surface area contributed by atoms with Crippen LogP contribution in [0.5, 0.6) is 17.2 Å². The van der Waals surface area contributed by atoms with Crippen molar-refractivity contribution < 1.29 is 41.3 Å². The number of carboxylic acid groups (broad SMARTS) is 1. The average molecular weight is 695 g/mol. The number of halogens is 3. The smallest absolute Gasteiger partial charge is 0.407 e. The second-order valence-corrected chi connectivity index (χ2v) is 13.4. The number of likely N-dealkylation sites (tertiary alicyclic amines) is 1. The van der Waals surface area contributed by atoms with Gasteiger partial charge in [-0.3, -0.25) is 0 Å². The monoisotopic (exact) mass is 694 g/mol. The molecule has 0 spiro atoms. The summed E-state index contributed by atoms with van der Waals surface area (Å²) in [6.45, 7) is -0.0986. The van der Waals surface area contributed by atoms with Gasteiger partial charge in [0.25, 0.3) is 10.0 Å². The summed E-state index contributed by atoms with van der Waals surface area (Å²) in [6, 6.07) is 13.1. The van der Waals surface area contributed by atoms with E-state index in [9.17, 15) is 18.3 Å². The van der Waals surface area contributed by atoms with Crippen molar-refractivity contribution >= 4 is 44.4 Å². The third kappa shape index (κ3) is 7.11. The van der Waals surface area contributed by atoms with E-state index in [1.54, 1.807) is 30.3 Å². The summed E-state index contributed by atoms with van der Waals surface area (Å²) in [7, 11) is -1.86. The summed E-state index contributed by atoms with van der Waals surface area (Å²) in [5.41, 5.74) is 1.31. The largest absolute Gasteiger partial charge is 0.497 e. The lowest BCUT2D eigenvalue weighted by molar-refractivity contribution is 0.0927. The molecule has 1 aliphatic heterocycles. The minimum Gasteiger partial charge on any atom is -0.497 e. The highest BCUT2D eigenvalue weighted by Gasteiger charge is 2.35. The van der Waals surface area contributed by atoms with Crippen LogP contribution in [-0.4, -0.2) is 67.8 Å². The topological polar surface area (TPSA) is 131 Å². The molecule has 0 aliphatic carbocycles. The van der Waals surface area contributed by atoms with Gasteiger partial charge in [-0.1, -0.05) is 23.7 Å². The molecule has 2 unspecified atom stereocenters. The predicted octanol–water partition coefficient (Wildman–Crippen LogP) is 6.04. The number of aromatic nitrogens is 2.